The van der Waals surface area contributed by atoms with Crippen LogP contribution in [0.15, 0.2) is 34.3 Å². The van der Waals surface area contributed by atoms with Gasteiger partial charge >= 0.3 is 5.97 Å². The average molecular weight is 385 g/mol. The number of carbonyl (C=O) groups is 1. The molecule has 4 rings (SSSR count). The Morgan fingerprint density at radius 3 is 2.96 bits per heavy atom. The monoisotopic (exact) mass is 384 g/mol. The van der Waals surface area contributed by atoms with E-state index < -0.39 is 0 Å². The van der Waals surface area contributed by atoms with E-state index in [1.54, 1.807) is 22.7 Å². The van der Waals surface area contributed by atoms with Gasteiger partial charge in [-0.25, -0.2) is 9.78 Å². The minimum absolute atomic E-state index is 0.199. The van der Waals surface area contributed by atoms with E-state index in [0.29, 0.717) is 6.04 Å². The van der Waals surface area contributed by atoms with Gasteiger partial charge in [0.25, 0.3) is 0 Å². The van der Waals surface area contributed by atoms with Gasteiger partial charge in [-0.05, 0) is 55.8 Å². The van der Waals surface area contributed by atoms with Crippen LogP contribution in [0, 0.1) is 13.8 Å². The highest BCUT2D eigenvalue weighted by Gasteiger charge is 2.26. The molecule has 0 aromatic carbocycles. The molecule has 0 saturated heterocycles. The number of hydrogen-bond donors (Lipinski definition) is 0. The number of thiazole rings is 1. The quantitative estimate of drug-likeness (QED) is 0.423. The van der Waals surface area contributed by atoms with Crippen LogP contribution in [0.25, 0.3) is 16.6 Å². The SMILES string of the molecule is Cc1cc(/C=C/C(=O)OCc2csc(-c3ccsc3)n2)c(C)n1C1CC1. The van der Waals surface area contributed by atoms with Crippen LogP contribution in [0.5, 0.6) is 0 Å². The first kappa shape index (κ1) is 17.2. The lowest BCUT2D eigenvalue weighted by molar-refractivity contribution is -0.139. The van der Waals surface area contributed by atoms with E-state index in [4.69, 9.17) is 4.74 Å². The molecule has 26 heavy (non-hydrogen) atoms. The number of ether oxygens (including phenoxy) is 1. The lowest BCUT2D eigenvalue weighted by Crippen LogP contribution is -2.01. The Labute approximate surface area is 160 Å². The Kier molecular flexibility index (Phi) is 4.78. The number of thiophene rings is 1. The minimum atomic E-state index is -0.341. The van der Waals surface area contributed by atoms with Crippen LogP contribution < -0.4 is 0 Å². The van der Waals surface area contributed by atoms with Crippen molar-refractivity contribution in [3.8, 4) is 10.6 Å². The molecule has 3 heterocycles. The molecule has 1 saturated carbocycles. The molecule has 1 fully saturated rings. The summed E-state index contributed by atoms with van der Waals surface area (Å²) in [6.45, 7) is 4.43. The zero-order valence-electron chi connectivity index (χ0n) is 14.8. The van der Waals surface area contributed by atoms with Crippen molar-refractivity contribution < 1.29 is 9.53 Å². The van der Waals surface area contributed by atoms with Gasteiger partial charge in [0.2, 0.25) is 0 Å². The fraction of sp³-hybridized carbons (Fsp3) is 0.300. The van der Waals surface area contributed by atoms with Gasteiger partial charge in [-0.2, -0.15) is 11.3 Å². The van der Waals surface area contributed by atoms with Gasteiger partial charge in [-0.1, -0.05) is 0 Å². The van der Waals surface area contributed by atoms with E-state index in [1.165, 1.54) is 30.3 Å². The third kappa shape index (κ3) is 3.66. The van der Waals surface area contributed by atoms with Crippen molar-refractivity contribution in [2.45, 2.75) is 39.3 Å². The molecule has 1 aliphatic rings. The molecular weight excluding hydrogens is 364 g/mol. The molecular formula is C20H20N2O2S2. The summed E-state index contributed by atoms with van der Waals surface area (Å²) >= 11 is 3.21. The van der Waals surface area contributed by atoms with Crippen molar-refractivity contribution in [2.24, 2.45) is 0 Å². The first-order valence-electron chi connectivity index (χ1n) is 8.62. The van der Waals surface area contributed by atoms with Crippen LogP contribution in [0.3, 0.4) is 0 Å². The molecule has 0 atom stereocenters. The van der Waals surface area contributed by atoms with Gasteiger partial charge in [0, 0.05) is 39.8 Å². The Balaban J connectivity index is 1.36. The van der Waals surface area contributed by atoms with Crippen LogP contribution in [-0.2, 0) is 16.1 Å². The lowest BCUT2D eigenvalue weighted by Gasteiger charge is -2.06. The molecule has 0 unspecified atom stereocenters. The van der Waals surface area contributed by atoms with Gasteiger partial charge in [-0.3, -0.25) is 0 Å². The number of aryl methyl sites for hydroxylation is 1. The normalized spacial score (nSPS) is 14.2. The molecule has 3 aromatic heterocycles. The Hall–Kier alpha value is -2.18. The number of aromatic nitrogens is 2. The molecule has 0 radical (unpaired) electrons. The molecule has 4 nitrogen and oxygen atoms in total. The summed E-state index contributed by atoms with van der Waals surface area (Å²) in [6, 6.07) is 4.82. The van der Waals surface area contributed by atoms with Crippen LogP contribution in [0.4, 0.5) is 0 Å². The number of nitrogens with zero attached hydrogens (tertiary/aromatic N) is 2. The van der Waals surface area contributed by atoms with E-state index in [0.717, 1.165) is 21.8 Å². The number of rotatable bonds is 6. The lowest BCUT2D eigenvalue weighted by atomic mass is 10.2. The largest absolute Gasteiger partial charge is 0.456 e. The first-order chi connectivity index (χ1) is 12.6. The third-order valence-electron chi connectivity index (χ3n) is 4.52. The van der Waals surface area contributed by atoms with Crippen molar-refractivity contribution in [1.29, 1.82) is 0 Å². The predicted molar refractivity (Wildman–Crippen MR) is 106 cm³/mol. The highest BCUT2D eigenvalue weighted by atomic mass is 32.1. The summed E-state index contributed by atoms with van der Waals surface area (Å²) in [5, 5.41) is 6.99. The summed E-state index contributed by atoms with van der Waals surface area (Å²) < 4.78 is 7.70. The van der Waals surface area contributed by atoms with E-state index in [-0.39, 0.29) is 12.6 Å². The molecule has 0 aliphatic heterocycles. The average Bonchev–Trinajstić information content (AvgIpc) is 3.03. The summed E-state index contributed by atoms with van der Waals surface area (Å²) in [4.78, 5) is 16.6. The number of carbonyl (C=O) groups excluding carboxylic acids is 1. The molecule has 3 aromatic rings. The topological polar surface area (TPSA) is 44.1 Å². The summed E-state index contributed by atoms with van der Waals surface area (Å²) in [7, 11) is 0. The second-order valence-electron chi connectivity index (χ2n) is 6.52. The highest BCUT2D eigenvalue weighted by molar-refractivity contribution is 7.14. The zero-order chi connectivity index (χ0) is 18.1. The molecule has 0 bridgehead atoms. The Bertz CT molecular complexity index is 947. The third-order valence-corrected chi connectivity index (χ3v) is 6.14. The second-order valence-corrected chi connectivity index (χ2v) is 8.16. The Morgan fingerprint density at radius 2 is 2.23 bits per heavy atom. The van der Waals surface area contributed by atoms with Crippen molar-refractivity contribution in [3.05, 3.63) is 57.0 Å². The van der Waals surface area contributed by atoms with Crippen molar-refractivity contribution in [1.82, 2.24) is 9.55 Å². The molecule has 0 N–H and O–H groups in total. The molecule has 6 heteroatoms. The molecule has 0 amide bonds. The van der Waals surface area contributed by atoms with Crippen molar-refractivity contribution in [3.63, 3.8) is 0 Å². The van der Waals surface area contributed by atoms with Gasteiger partial charge in [-0.15, -0.1) is 11.3 Å². The molecule has 0 spiro atoms. The fourth-order valence-electron chi connectivity index (χ4n) is 3.11. The summed E-state index contributed by atoms with van der Waals surface area (Å²) in [6.07, 6.45) is 5.86. The summed E-state index contributed by atoms with van der Waals surface area (Å²) in [5.74, 6) is -0.341. The van der Waals surface area contributed by atoms with E-state index in [2.05, 4.69) is 34.8 Å². The fourth-order valence-corrected chi connectivity index (χ4v) is 4.63. The van der Waals surface area contributed by atoms with Crippen LogP contribution in [0.1, 0.15) is 41.5 Å². The highest BCUT2D eigenvalue weighted by Crippen LogP contribution is 2.38. The van der Waals surface area contributed by atoms with Gasteiger partial charge in [0.15, 0.2) is 0 Å². The molecule has 1 aliphatic carbocycles. The standard InChI is InChI=1S/C20H20N2O2S2/c1-13-9-15(14(2)22(13)18-4-5-18)3-6-19(23)24-10-17-12-26-20(21-17)16-7-8-25-11-16/h3,6-9,11-12,18H,4-5,10H2,1-2H3/b6-3+. The maximum Gasteiger partial charge on any atom is 0.331 e. The number of hydrogen-bond acceptors (Lipinski definition) is 5. The Morgan fingerprint density at radius 1 is 1.38 bits per heavy atom. The van der Waals surface area contributed by atoms with Gasteiger partial charge in [0.1, 0.15) is 11.6 Å². The second kappa shape index (κ2) is 7.21. The summed E-state index contributed by atoms with van der Waals surface area (Å²) in [5.41, 5.74) is 5.45. The predicted octanol–water partition coefficient (Wildman–Crippen LogP) is 5.38. The van der Waals surface area contributed by atoms with Crippen molar-refractivity contribution >= 4 is 34.7 Å². The van der Waals surface area contributed by atoms with E-state index in [1.807, 2.05) is 22.9 Å². The van der Waals surface area contributed by atoms with Crippen LogP contribution >= 0.6 is 22.7 Å². The van der Waals surface area contributed by atoms with Crippen molar-refractivity contribution in [2.75, 3.05) is 0 Å². The zero-order valence-corrected chi connectivity index (χ0v) is 16.4. The minimum Gasteiger partial charge on any atom is -0.456 e. The maximum atomic E-state index is 12.0. The van der Waals surface area contributed by atoms with Crippen LogP contribution in [-0.4, -0.2) is 15.5 Å². The molecule has 134 valence electrons. The maximum absolute atomic E-state index is 12.0. The van der Waals surface area contributed by atoms with E-state index >= 15 is 0 Å². The van der Waals surface area contributed by atoms with E-state index in [9.17, 15) is 4.79 Å². The smallest absolute Gasteiger partial charge is 0.331 e. The number of esters is 1. The van der Waals surface area contributed by atoms with Gasteiger partial charge in [0.05, 0.1) is 5.69 Å². The van der Waals surface area contributed by atoms with Crippen LogP contribution in [0.2, 0.25) is 0 Å². The van der Waals surface area contributed by atoms with Gasteiger partial charge < -0.3 is 9.30 Å². The first-order valence-corrected chi connectivity index (χ1v) is 10.4.